The molecule has 2 heteroatoms. The monoisotopic (exact) mass is 354 g/mol. The summed E-state index contributed by atoms with van der Waals surface area (Å²) in [4.78, 5) is 0. The van der Waals surface area contributed by atoms with Gasteiger partial charge in [-0.3, -0.25) is 0 Å². The molecule has 0 bridgehead atoms. The van der Waals surface area contributed by atoms with E-state index in [0.717, 1.165) is 17.5 Å². The summed E-state index contributed by atoms with van der Waals surface area (Å²) in [6, 6.07) is 11.4. The first-order valence-corrected chi connectivity index (χ1v) is 10.1. The Morgan fingerprint density at radius 1 is 0.692 bits per heavy atom. The molecule has 0 atom stereocenters. The number of aromatic hydroxyl groups is 2. The molecule has 0 saturated carbocycles. The molecule has 0 amide bonds. The Labute approximate surface area is 158 Å². The van der Waals surface area contributed by atoms with Gasteiger partial charge >= 0.3 is 0 Å². The lowest BCUT2D eigenvalue weighted by Gasteiger charge is -2.22. The van der Waals surface area contributed by atoms with Crippen molar-refractivity contribution in [3.05, 3.63) is 58.7 Å². The third kappa shape index (κ3) is 5.79. The van der Waals surface area contributed by atoms with Gasteiger partial charge < -0.3 is 10.2 Å². The van der Waals surface area contributed by atoms with Crippen LogP contribution < -0.4 is 0 Å². The van der Waals surface area contributed by atoms with Crippen LogP contribution in [0.2, 0.25) is 0 Å². The number of phenolic OH excluding ortho intramolecular Hbond substituents is 2. The van der Waals surface area contributed by atoms with E-state index in [1.54, 1.807) is 12.1 Å². The molecule has 0 aliphatic carbocycles. The average molecular weight is 355 g/mol. The Bertz CT molecular complexity index is 639. The highest BCUT2D eigenvalue weighted by atomic mass is 16.3. The Kier molecular flexibility index (Phi) is 8.03. The van der Waals surface area contributed by atoms with E-state index in [1.165, 1.54) is 56.1 Å². The topological polar surface area (TPSA) is 40.5 Å². The summed E-state index contributed by atoms with van der Waals surface area (Å²) in [7, 11) is 0. The zero-order chi connectivity index (χ0) is 18.9. The van der Waals surface area contributed by atoms with E-state index in [2.05, 4.69) is 32.9 Å². The zero-order valence-electron chi connectivity index (χ0n) is 16.6. The van der Waals surface area contributed by atoms with Crippen LogP contribution in [-0.2, 0) is 0 Å². The van der Waals surface area contributed by atoms with Gasteiger partial charge in [-0.05, 0) is 66.8 Å². The summed E-state index contributed by atoms with van der Waals surface area (Å²) in [5.41, 5.74) is 4.82. The molecule has 0 aliphatic rings. The van der Waals surface area contributed by atoms with Crippen LogP contribution in [0.3, 0.4) is 0 Å². The van der Waals surface area contributed by atoms with Crippen LogP contribution in [0.15, 0.2) is 36.4 Å². The Morgan fingerprint density at radius 3 is 1.62 bits per heavy atom. The van der Waals surface area contributed by atoms with Crippen LogP contribution >= 0.6 is 0 Å². The molecule has 0 fully saturated rings. The lowest BCUT2D eigenvalue weighted by molar-refractivity contribution is 0.474. The van der Waals surface area contributed by atoms with Crippen molar-refractivity contribution >= 4 is 0 Å². The summed E-state index contributed by atoms with van der Waals surface area (Å²) in [6.07, 6.45) is 10.2. The number of hydrogen-bond donors (Lipinski definition) is 2. The third-order valence-electron chi connectivity index (χ3n) is 5.35. The van der Waals surface area contributed by atoms with Gasteiger partial charge in [0.1, 0.15) is 11.5 Å². The van der Waals surface area contributed by atoms with Crippen molar-refractivity contribution in [1.82, 2.24) is 0 Å². The molecule has 2 aromatic carbocycles. The minimum atomic E-state index is 0.312. The second-order valence-corrected chi connectivity index (χ2v) is 7.54. The molecule has 0 saturated heterocycles. The van der Waals surface area contributed by atoms with E-state index >= 15 is 0 Å². The number of phenols is 2. The predicted octanol–water partition coefficient (Wildman–Crippen LogP) is 6.99. The predicted molar refractivity (Wildman–Crippen MR) is 110 cm³/mol. The summed E-state index contributed by atoms with van der Waals surface area (Å²) in [6.45, 7) is 6.40. The SMILES string of the molecule is CCCCCCCCCC(c1ccc(O)cc1C)c1ccc(O)cc1C. The highest BCUT2D eigenvalue weighted by molar-refractivity contribution is 5.45. The minimum Gasteiger partial charge on any atom is -0.508 e. The minimum absolute atomic E-state index is 0.312. The van der Waals surface area contributed by atoms with Crippen molar-refractivity contribution in [3.63, 3.8) is 0 Å². The first-order valence-electron chi connectivity index (χ1n) is 10.1. The van der Waals surface area contributed by atoms with Crippen LogP contribution in [0.1, 0.15) is 86.5 Å². The number of aryl methyl sites for hydroxylation is 2. The highest BCUT2D eigenvalue weighted by Crippen LogP contribution is 2.36. The van der Waals surface area contributed by atoms with Crippen LogP contribution in [0, 0.1) is 13.8 Å². The molecule has 0 radical (unpaired) electrons. The van der Waals surface area contributed by atoms with Gasteiger partial charge in [0.05, 0.1) is 0 Å². The number of benzene rings is 2. The molecule has 0 aromatic heterocycles. The summed E-state index contributed by atoms with van der Waals surface area (Å²) in [5, 5.41) is 19.5. The zero-order valence-corrected chi connectivity index (χ0v) is 16.6. The highest BCUT2D eigenvalue weighted by Gasteiger charge is 2.18. The van der Waals surface area contributed by atoms with Crippen LogP contribution in [0.4, 0.5) is 0 Å². The molecule has 0 heterocycles. The Hall–Kier alpha value is -1.96. The maximum absolute atomic E-state index is 9.76. The van der Waals surface area contributed by atoms with Gasteiger partial charge in [-0.1, -0.05) is 64.0 Å². The van der Waals surface area contributed by atoms with E-state index < -0.39 is 0 Å². The van der Waals surface area contributed by atoms with Gasteiger partial charge in [0.15, 0.2) is 0 Å². The molecular weight excluding hydrogens is 320 g/mol. The fourth-order valence-corrected chi connectivity index (χ4v) is 3.89. The second-order valence-electron chi connectivity index (χ2n) is 7.54. The second kappa shape index (κ2) is 10.3. The summed E-state index contributed by atoms with van der Waals surface area (Å²) in [5.74, 6) is 0.957. The molecule has 2 rings (SSSR count). The van der Waals surface area contributed by atoms with Gasteiger partial charge in [0.2, 0.25) is 0 Å². The van der Waals surface area contributed by atoms with E-state index in [9.17, 15) is 10.2 Å². The van der Waals surface area contributed by atoms with E-state index in [4.69, 9.17) is 0 Å². The Morgan fingerprint density at radius 2 is 1.15 bits per heavy atom. The third-order valence-corrected chi connectivity index (χ3v) is 5.35. The molecule has 26 heavy (non-hydrogen) atoms. The molecule has 142 valence electrons. The molecule has 2 aromatic rings. The van der Waals surface area contributed by atoms with E-state index in [1.807, 2.05) is 12.1 Å². The number of rotatable bonds is 10. The first-order chi connectivity index (χ1) is 12.5. The van der Waals surface area contributed by atoms with Crippen LogP contribution in [-0.4, -0.2) is 10.2 Å². The lowest BCUT2D eigenvalue weighted by Crippen LogP contribution is -2.05. The standard InChI is InChI=1S/C24H34O2/c1-4-5-6-7-8-9-10-11-24(22-14-12-20(25)16-18(22)2)23-15-13-21(26)17-19(23)3/h12-17,24-26H,4-11H2,1-3H3. The van der Waals surface area contributed by atoms with Crippen LogP contribution in [0.25, 0.3) is 0 Å². The lowest BCUT2D eigenvalue weighted by atomic mass is 9.82. The van der Waals surface area contributed by atoms with Crippen molar-refractivity contribution < 1.29 is 10.2 Å². The smallest absolute Gasteiger partial charge is 0.115 e. The largest absolute Gasteiger partial charge is 0.508 e. The molecule has 0 unspecified atom stereocenters. The van der Waals surface area contributed by atoms with Crippen molar-refractivity contribution in [3.8, 4) is 11.5 Å². The van der Waals surface area contributed by atoms with E-state index in [0.29, 0.717) is 17.4 Å². The van der Waals surface area contributed by atoms with Gasteiger partial charge in [-0.15, -0.1) is 0 Å². The van der Waals surface area contributed by atoms with Gasteiger partial charge in [0, 0.05) is 5.92 Å². The normalized spacial score (nSPS) is 11.2. The van der Waals surface area contributed by atoms with Crippen LogP contribution in [0.5, 0.6) is 11.5 Å². The fourth-order valence-electron chi connectivity index (χ4n) is 3.89. The molecular formula is C24H34O2. The molecule has 0 spiro atoms. The number of unbranched alkanes of at least 4 members (excludes halogenated alkanes) is 6. The molecule has 0 aliphatic heterocycles. The Balaban J connectivity index is 2.12. The first kappa shape index (κ1) is 20.4. The van der Waals surface area contributed by atoms with E-state index in [-0.39, 0.29) is 0 Å². The number of hydrogen-bond acceptors (Lipinski definition) is 2. The molecule has 2 nitrogen and oxygen atoms in total. The average Bonchev–Trinajstić information content (AvgIpc) is 2.59. The fraction of sp³-hybridized carbons (Fsp3) is 0.500. The van der Waals surface area contributed by atoms with Crippen molar-refractivity contribution in [2.24, 2.45) is 0 Å². The maximum Gasteiger partial charge on any atom is 0.115 e. The van der Waals surface area contributed by atoms with Crippen molar-refractivity contribution in [2.45, 2.75) is 78.1 Å². The summed E-state index contributed by atoms with van der Waals surface area (Å²) < 4.78 is 0. The van der Waals surface area contributed by atoms with Crippen molar-refractivity contribution in [2.75, 3.05) is 0 Å². The van der Waals surface area contributed by atoms with Gasteiger partial charge in [-0.25, -0.2) is 0 Å². The quantitative estimate of drug-likeness (QED) is 0.451. The van der Waals surface area contributed by atoms with Gasteiger partial charge in [-0.2, -0.15) is 0 Å². The van der Waals surface area contributed by atoms with Crippen molar-refractivity contribution in [1.29, 1.82) is 0 Å². The molecule has 2 N–H and O–H groups in total. The maximum atomic E-state index is 9.76. The summed E-state index contributed by atoms with van der Waals surface area (Å²) >= 11 is 0. The van der Waals surface area contributed by atoms with Gasteiger partial charge in [0.25, 0.3) is 0 Å².